The van der Waals surface area contributed by atoms with E-state index in [0.717, 1.165) is 13.0 Å². The van der Waals surface area contributed by atoms with Crippen molar-refractivity contribution in [2.75, 3.05) is 11.4 Å². The van der Waals surface area contributed by atoms with Gasteiger partial charge < -0.3 is 9.64 Å². The van der Waals surface area contributed by atoms with Crippen LogP contribution in [-0.2, 0) is 5.41 Å². The highest BCUT2D eigenvalue weighted by atomic mass is 79.9. The molecule has 1 unspecified atom stereocenters. The number of hydrogen-bond donors (Lipinski definition) is 0. The van der Waals surface area contributed by atoms with Gasteiger partial charge in [-0.25, -0.2) is 0 Å². The molecule has 27 heavy (non-hydrogen) atoms. The lowest BCUT2D eigenvalue weighted by molar-refractivity contribution is -0.385. The van der Waals surface area contributed by atoms with Crippen LogP contribution in [0.15, 0.2) is 46.9 Å². The largest absolute Gasteiger partial charge is 0.462 e. The zero-order valence-corrected chi connectivity index (χ0v) is 17.1. The van der Waals surface area contributed by atoms with Crippen molar-refractivity contribution in [1.29, 1.82) is 0 Å². The molecular formula is C21H21BrN2O3. The lowest BCUT2D eigenvalue weighted by atomic mass is 9.76. The molecule has 0 aromatic heterocycles. The van der Waals surface area contributed by atoms with Crippen LogP contribution in [0.5, 0.6) is 5.75 Å². The van der Waals surface area contributed by atoms with E-state index in [1.165, 1.54) is 17.3 Å². The first kappa shape index (κ1) is 18.0. The van der Waals surface area contributed by atoms with Gasteiger partial charge in [0.1, 0.15) is 5.75 Å². The van der Waals surface area contributed by atoms with Crippen LogP contribution in [-0.4, -0.2) is 17.2 Å². The average Bonchev–Trinajstić information content (AvgIpc) is 2.82. The van der Waals surface area contributed by atoms with Gasteiger partial charge in [-0.1, -0.05) is 25.1 Å². The SMILES string of the molecule is CCCN1c2ccccc2C(C)(C)C12C=Cc1cc([N+](=O)[O-])cc(Br)c1O2. The molecule has 2 aromatic rings. The lowest BCUT2D eigenvalue weighted by Crippen LogP contribution is -2.59. The van der Waals surface area contributed by atoms with E-state index in [0.29, 0.717) is 15.8 Å². The van der Waals surface area contributed by atoms with Gasteiger partial charge in [0.05, 0.1) is 14.8 Å². The number of non-ortho nitro benzene ring substituents is 1. The number of benzene rings is 2. The Kier molecular flexibility index (Phi) is 4.07. The number of fused-ring (bicyclic) bond motifs is 2. The van der Waals surface area contributed by atoms with Gasteiger partial charge in [-0.2, -0.15) is 0 Å². The Morgan fingerprint density at radius 3 is 2.70 bits per heavy atom. The normalized spacial score (nSPS) is 21.7. The highest BCUT2D eigenvalue weighted by Gasteiger charge is 2.58. The van der Waals surface area contributed by atoms with Crippen LogP contribution in [0.2, 0.25) is 0 Å². The lowest BCUT2D eigenvalue weighted by Gasteiger charge is -2.47. The molecule has 5 nitrogen and oxygen atoms in total. The molecule has 0 amide bonds. The second-order valence-electron chi connectivity index (χ2n) is 7.53. The van der Waals surface area contributed by atoms with Crippen LogP contribution in [0.25, 0.3) is 6.08 Å². The van der Waals surface area contributed by atoms with Crippen molar-refractivity contribution in [2.24, 2.45) is 0 Å². The zero-order chi connectivity index (χ0) is 19.4. The topological polar surface area (TPSA) is 55.6 Å². The Bertz CT molecular complexity index is 970. The molecule has 4 rings (SSSR count). The van der Waals surface area contributed by atoms with E-state index in [1.54, 1.807) is 6.07 Å². The quantitative estimate of drug-likeness (QED) is 0.466. The molecule has 0 N–H and O–H groups in total. The van der Waals surface area contributed by atoms with Gasteiger partial charge in [0.25, 0.3) is 5.69 Å². The third-order valence-corrected chi connectivity index (χ3v) is 6.22. The van der Waals surface area contributed by atoms with Crippen molar-refractivity contribution >= 4 is 33.4 Å². The van der Waals surface area contributed by atoms with E-state index in [2.05, 4.69) is 71.9 Å². The molecule has 2 heterocycles. The molecule has 140 valence electrons. The monoisotopic (exact) mass is 428 g/mol. The molecule has 0 fully saturated rings. The molecule has 6 heteroatoms. The molecular weight excluding hydrogens is 408 g/mol. The van der Waals surface area contributed by atoms with Crippen LogP contribution in [0.1, 0.15) is 38.3 Å². The number of halogens is 1. The summed E-state index contributed by atoms with van der Waals surface area (Å²) < 4.78 is 7.27. The van der Waals surface area contributed by atoms with Crippen molar-refractivity contribution in [2.45, 2.75) is 38.3 Å². The fourth-order valence-corrected chi connectivity index (χ4v) is 4.81. The van der Waals surface area contributed by atoms with Gasteiger partial charge in [-0.05, 0) is 60.0 Å². The van der Waals surface area contributed by atoms with Crippen LogP contribution in [0, 0.1) is 10.1 Å². The van der Waals surface area contributed by atoms with Crippen molar-refractivity contribution in [3.8, 4) is 5.75 Å². The third-order valence-electron chi connectivity index (χ3n) is 5.63. The molecule has 2 aromatic carbocycles. The van der Waals surface area contributed by atoms with E-state index in [1.807, 2.05) is 6.08 Å². The summed E-state index contributed by atoms with van der Waals surface area (Å²) in [6.07, 6.45) is 4.99. The molecule has 0 bridgehead atoms. The first-order valence-electron chi connectivity index (χ1n) is 9.05. The fraction of sp³-hybridized carbons (Fsp3) is 0.333. The molecule has 1 atom stereocenters. The molecule has 2 aliphatic rings. The molecule has 0 aliphatic carbocycles. The number of nitrogens with zero attached hydrogens (tertiary/aromatic N) is 2. The van der Waals surface area contributed by atoms with Crippen molar-refractivity contribution in [1.82, 2.24) is 0 Å². The van der Waals surface area contributed by atoms with Crippen LogP contribution < -0.4 is 9.64 Å². The predicted octanol–water partition coefficient (Wildman–Crippen LogP) is 5.67. The number of anilines is 1. The van der Waals surface area contributed by atoms with E-state index in [4.69, 9.17) is 4.74 Å². The summed E-state index contributed by atoms with van der Waals surface area (Å²) in [5, 5.41) is 11.2. The van der Waals surface area contributed by atoms with Crippen LogP contribution >= 0.6 is 15.9 Å². The smallest absolute Gasteiger partial charge is 0.271 e. The maximum absolute atomic E-state index is 11.2. The Balaban J connectivity index is 1.89. The van der Waals surface area contributed by atoms with Gasteiger partial charge >= 0.3 is 0 Å². The highest BCUT2D eigenvalue weighted by molar-refractivity contribution is 9.10. The zero-order valence-electron chi connectivity index (χ0n) is 15.5. The number of para-hydroxylation sites is 1. The van der Waals surface area contributed by atoms with Gasteiger partial charge in [0, 0.05) is 29.9 Å². The molecule has 0 saturated carbocycles. The number of nitro groups is 1. The second kappa shape index (κ2) is 6.09. The minimum absolute atomic E-state index is 0.0456. The van der Waals surface area contributed by atoms with Crippen molar-refractivity contribution < 1.29 is 9.66 Å². The number of ether oxygens (including phenoxy) is 1. The van der Waals surface area contributed by atoms with E-state index >= 15 is 0 Å². The molecule has 1 spiro atoms. The summed E-state index contributed by atoms with van der Waals surface area (Å²) in [6, 6.07) is 11.5. The summed E-state index contributed by atoms with van der Waals surface area (Å²) in [7, 11) is 0. The van der Waals surface area contributed by atoms with Gasteiger partial charge in [0.2, 0.25) is 5.72 Å². The predicted molar refractivity (Wildman–Crippen MR) is 110 cm³/mol. The Morgan fingerprint density at radius 1 is 1.26 bits per heavy atom. The summed E-state index contributed by atoms with van der Waals surface area (Å²) in [6.45, 7) is 7.39. The molecule has 0 saturated heterocycles. The molecule has 0 radical (unpaired) electrons. The number of rotatable bonds is 3. The van der Waals surface area contributed by atoms with E-state index in [-0.39, 0.29) is 16.0 Å². The average molecular weight is 429 g/mol. The maximum atomic E-state index is 11.2. The summed E-state index contributed by atoms with van der Waals surface area (Å²) in [5.74, 6) is 0.644. The number of nitro benzene ring substituents is 1. The Labute approximate surface area is 166 Å². The van der Waals surface area contributed by atoms with Crippen molar-refractivity contribution in [3.05, 3.63) is 68.2 Å². The van der Waals surface area contributed by atoms with Crippen LogP contribution in [0.3, 0.4) is 0 Å². The third kappa shape index (κ3) is 2.42. The fourth-order valence-electron chi connectivity index (χ4n) is 4.27. The van der Waals surface area contributed by atoms with Gasteiger partial charge in [-0.3, -0.25) is 10.1 Å². The Morgan fingerprint density at radius 2 is 2.00 bits per heavy atom. The maximum Gasteiger partial charge on any atom is 0.271 e. The highest BCUT2D eigenvalue weighted by Crippen LogP contribution is 2.55. The van der Waals surface area contributed by atoms with Gasteiger partial charge in [0.15, 0.2) is 0 Å². The van der Waals surface area contributed by atoms with E-state index in [9.17, 15) is 10.1 Å². The van der Waals surface area contributed by atoms with Crippen LogP contribution in [0.4, 0.5) is 11.4 Å². The summed E-state index contributed by atoms with van der Waals surface area (Å²) >= 11 is 3.48. The minimum Gasteiger partial charge on any atom is -0.462 e. The first-order chi connectivity index (χ1) is 12.8. The summed E-state index contributed by atoms with van der Waals surface area (Å²) in [4.78, 5) is 13.1. The standard InChI is InChI=1S/C21H21BrN2O3/c1-4-11-23-18-8-6-5-7-16(18)20(2,3)21(23)10-9-14-12-15(24(25)26)13-17(22)19(14)27-21/h5-10,12-13H,4,11H2,1-3H3. The van der Waals surface area contributed by atoms with E-state index < -0.39 is 5.72 Å². The first-order valence-corrected chi connectivity index (χ1v) is 9.84. The second-order valence-corrected chi connectivity index (χ2v) is 8.38. The molecule has 2 aliphatic heterocycles. The summed E-state index contributed by atoms with van der Waals surface area (Å²) in [5.41, 5.74) is 2.20. The minimum atomic E-state index is -0.682. The van der Waals surface area contributed by atoms with Gasteiger partial charge in [-0.15, -0.1) is 0 Å². The van der Waals surface area contributed by atoms with Crippen molar-refractivity contribution in [3.63, 3.8) is 0 Å². The number of hydrogen-bond acceptors (Lipinski definition) is 4. The Hall–Kier alpha value is -2.34.